The molecule has 1 aliphatic rings. The molecule has 4 rings (SSSR count). The number of phenols is 1. The van der Waals surface area contributed by atoms with Gasteiger partial charge >= 0.3 is 0 Å². The van der Waals surface area contributed by atoms with Gasteiger partial charge in [0.05, 0.1) is 11.7 Å². The molecule has 0 bridgehead atoms. The van der Waals surface area contributed by atoms with Gasteiger partial charge in [-0.15, -0.1) is 5.10 Å². The summed E-state index contributed by atoms with van der Waals surface area (Å²) in [6, 6.07) is 15.7. The number of aromatic nitrogens is 3. The molecule has 0 aliphatic carbocycles. The first kappa shape index (κ1) is 17.7. The zero-order valence-corrected chi connectivity index (χ0v) is 15.5. The normalized spacial score (nSPS) is 18.4. The Morgan fingerprint density at radius 1 is 1.04 bits per heavy atom. The van der Waals surface area contributed by atoms with Crippen molar-refractivity contribution in [2.24, 2.45) is 0 Å². The van der Waals surface area contributed by atoms with Crippen molar-refractivity contribution in [3.05, 3.63) is 66.5 Å². The van der Waals surface area contributed by atoms with Gasteiger partial charge in [-0.1, -0.05) is 36.8 Å². The van der Waals surface area contributed by atoms with E-state index in [1.54, 1.807) is 18.2 Å². The van der Waals surface area contributed by atoms with Crippen molar-refractivity contribution in [1.82, 2.24) is 19.1 Å². The number of hydrogen-bond acceptors (Lipinski definition) is 5. The molecule has 1 unspecified atom stereocenters. The van der Waals surface area contributed by atoms with Crippen molar-refractivity contribution in [2.45, 2.75) is 30.5 Å². The quantitative estimate of drug-likeness (QED) is 0.747. The Morgan fingerprint density at radius 2 is 1.85 bits per heavy atom. The second-order valence-corrected chi connectivity index (χ2v) is 8.31. The van der Waals surface area contributed by atoms with E-state index in [2.05, 4.69) is 10.1 Å². The Hall–Kier alpha value is -2.71. The minimum Gasteiger partial charge on any atom is -0.508 e. The molecule has 1 aliphatic heterocycles. The van der Waals surface area contributed by atoms with Gasteiger partial charge < -0.3 is 5.11 Å². The summed E-state index contributed by atoms with van der Waals surface area (Å²) < 4.78 is 29.4. The number of rotatable bonds is 4. The van der Waals surface area contributed by atoms with Crippen LogP contribution in [0.25, 0.3) is 5.69 Å². The molecule has 0 amide bonds. The predicted octanol–water partition coefficient (Wildman–Crippen LogP) is 2.89. The summed E-state index contributed by atoms with van der Waals surface area (Å²) >= 11 is 0. The maximum atomic E-state index is 13.2. The lowest BCUT2D eigenvalue weighted by Gasteiger charge is -2.34. The molecule has 1 atom stereocenters. The third-order valence-corrected chi connectivity index (χ3v) is 6.44. The molecule has 0 radical (unpaired) electrons. The Bertz CT molecular complexity index is 1030. The van der Waals surface area contributed by atoms with E-state index in [1.807, 2.05) is 36.4 Å². The van der Waals surface area contributed by atoms with Crippen molar-refractivity contribution in [3.8, 4) is 11.4 Å². The minimum absolute atomic E-state index is 0.127. The van der Waals surface area contributed by atoms with Gasteiger partial charge in [0.1, 0.15) is 12.1 Å². The SMILES string of the molecule is O=S(=O)(c1ncn(-c2ccccc2)n1)N1CCCCC1c1cccc(O)c1. The highest BCUT2D eigenvalue weighted by Crippen LogP contribution is 2.35. The van der Waals surface area contributed by atoms with Crippen LogP contribution in [0, 0.1) is 0 Å². The average molecular weight is 384 g/mol. The van der Waals surface area contributed by atoms with Gasteiger partial charge in [-0.25, -0.2) is 18.1 Å². The van der Waals surface area contributed by atoms with E-state index in [-0.39, 0.29) is 16.9 Å². The summed E-state index contributed by atoms with van der Waals surface area (Å²) in [7, 11) is -3.85. The van der Waals surface area contributed by atoms with Crippen LogP contribution in [-0.4, -0.2) is 39.1 Å². The molecule has 140 valence electrons. The van der Waals surface area contributed by atoms with Crippen molar-refractivity contribution in [1.29, 1.82) is 0 Å². The van der Waals surface area contributed by atoms with Crippen molar-refractivity contribution >= 4 is 10.0 Å². The fourth-order valence-corrected chi connectivity index (χ4v) is 4.95. The van der Waals surface area contributed by atoms with Crippen molar-refractivity contribution in [2.75, 3.05) is 6.54 Å². The predicted molar refractivity (Wildman–Crippen MR) is 99.9 cm³/mol. The molecule has 2 heterocycles. The second kappa shape index (κ2) is 7.13. The van der Waals surface area contributed by atoms with Crippen LogP contribution < -0.4 is 0 Å². The first-order valence-corrected chi connectivity index (χ1v) is 10.3. The van der Waals surface area contributed by atoms with E-state index in [0.717, 1.165) is 24.1 Å². The average Bonchev–Trinajstić information content (AvgIpc) is 3.20. The highest BCUT2D eigenvalue weighted by atomic mass is 32.2. The van der Waals surface area contributed by atoms with Crippen LogP contribution in [0.4, 0.5) is 0 Å². The Morgan fingerprint density at radius 3 is 2.63 bits per heavy atom. The topological polar surface area (TPSA) is 88.3 Å². The molecule has 1 N–H and O–H groups in total. The van der Waals surface area contributed by atoms with Crippen LogP contribution in [0.3, 0.4) is 0 Å². The molecule has 7 nitrogen and oxygen atoms in total. The Balaban J connectivity index is 1.68. The number of hydrogen-bond donors (Lipinski definition) is 1. The molecule has 27 heavy (non-hydrogen) atoms. The van der Waals surface area contributed by atoms with Crippen LogP contribution in [0.5, 0.6) is 5.75 Å². The number of sulfonamides is 1. The maximum absolute atomic E-state index is 13.2. The van der Waals surface area contributed by atoms with Gasteiger partial charge in [0.15, 0.2) is 0 Å². The molecule has 0 saturated carbocycles. The number of benzene rings is 2. The van der Waals surface area contributed by atoms with Gasteiger partial charge in [0, 0.05) is 6.54 Å². The van der Waals surface area contributed by atoms with Gasteiger partial charge in [-0.05, 0) is 42.7 Å². The smallest absolute Gasteiger partial charge is 0.282 e. The highest BCUT2D eigenvalue weighted by Gasteiger charge is 2.37. The fourth-order valence-electron chi connectivity index (χ4n) is 3.43. The summed E-state index contributed by atoms with van der Waals surface area (Å²) in [4.78, 5) is 4.06. The van der Waals surface area contributed by atoms with Crippen LogP contribution in [0.2, 0.25) is 0 Å². The van der Waals surface area contributed by atoms with Crippen LogP contribution in [0.1, 0.15) is 30.9 Å². The van der Waals surface area contributed by atoms with Crippen molar-refractivity contribution in [3.63, 3.8) is 0 Å². The molecule has 1 aromatic heterocycles. The third kappa shape index (κ3) is 3.45. The molecule has 0 spiro atoms. The lowest BCUT2D eigenvalue weighted by molar-refractivity contribution is 0.254. The fraction of sp³-hybridized carbons (Fsp3) is 0.263. The molecule has 2 aromatic carbocycles. The zero-order chi connectivity index (χ0) is 18.9. The summed E-state index contributed by atoms with van der Waals surface area (Å²) in [5, 5.41) is 13.8. The van der Waals surface area contributed by atoms with E-state index in [1.165, 1.54) is 15.3 Å². The van der Waals surface area contributed by atoms with E-state index < -0.39 is 10.0 Å². The molecule has 8 heteroatoms. The van der Waals surface area contributed by atoms with E-state index in [4.69, 9.17) is 0 Å². The lowest BCUT2D eigenvalue weighted by Crippen LogP contribution is -2.39. The van der Waals surface area contributed by atoms with Crippen molar-refractivity contribution < 1.29 is 13.5 Å². The summed E-state index contributed by atoms with van der Waals surface area (Å²) in [5.41, 5.74) is 1.52. The number of para-hydroxylation sites is 1. The summed E-state index contributed by atoms with van der Waals surface area (Å²) in [6.07, 6.45) is 3.82. The van der Waals surface area contributed by atoms with Gasteiger partial charge in [-0.3, -0.25) is 0 Å². The van der Waals surface area contributed by atoms with E-state index in [0.29, 0.717) is 13.0 Å². The number of piperidine rings is 1. The highest BCUT2D eigenvalue weighted by molar-refractivity contribution is 7.89. The lowest BCUT2D eigenvalue weighted by atomic mass is 9.97. The van der Waals surface area contributed by atoms with Crippen LogP contribution in [0.15, 0.2) is 66.1 Å². The van der Waals surface area contributed by atoms with Crippen LogP contribution in [-0.2, 0) is 10.0 Å². The third-order valence-electron chi connectivity index (χ3n) is 4.74. The number of nitrogens with zero attached hydrogens (tertiary/aromatic N) is 4. The molecule has 3 aromatic rings. The number of phenolic OH excluding ortho intramolecular Hbond substituents is 1. The zero-order valence-electron chi connectivity index (χ0n) is 14.6. The van der Waals surface area contributed by atoms with E-state index in [9.17, 15) is 13.5 Å². The molecular formula is C19H20N4O3S. The largest absolute Gasteiger partial charge is 0.508 e. The second-order valence-electron chi connectivity index (χ2n) is 6.53. The number of aromatic hydroxyl groups is 1. The summed E-state index contributed by atoms with van der Waals surface area (Å²) in [6.45, 7) is 0.405. The Labute approximate surface area is 158 Å². The Kier molecular flexibility index (Phi) is 4.67. The van der Waals surface area contributed by atoms with E-state index >= 15 is 0 Å². The first-order chi connectivity index (χ1) is 13.1. The maximum Gasteiger partial charge on any atom is 0.282 e. The minimum atomic E-state index is -3.85. The standard InChI is InChI=1S/C19H20N4O3S/c24-17-10-6-7-15(13-17)18-11-4-5-12-23(18)27(25,26)19-20-14-22(21-19)16-8-2-1-3-9-16/h1-3,6-10,13-14,18,24H,4-5,11-12H2. The molecular weight excluding hydrogens is 364 g/mol. The van der Waals surface area contributed by atoms with Crippen LogP contribution >= 0.6 is 0 Å². The van der Waals surface area contributed by atoms with Gasteiger partial charge in [-0.2, -0.15) is 4.31 Å². The molecule has 1 saturated heterocycles. The first-order valence-electron chi connectivity index (χ1n) is 8.83. The molecule has 1 fully saturated rings. The summed E-state index contributed by atoms with van der Waals surface area (Å²) in [5.74, 6) is 0.127. The van der Waals surface area contributed by atoms with Gasteiger partial charge in [0.25, 0.3) is 15.2 Å². The van der Waals surface area contributed by atoms with Gasteiger partial charge in [0.2, 0.25) is 0 Å². The monoisotopic (exact) mass is 384 g/mol.